The number of fused-ring (bicyclic) bond motifs is 1. The third-order valence-corrected chi connectivity index (χ3v) is 4.10. The summed E-state index contributed by atoms with van der Waals surface area (Å²) in [5, 5.41) is 4.17. The fourth-order valence-corrected chi connectivity index (χ4v) is 3.17. The third kappa shape index (κ3) is 1.53. The molecule has 0 saturated carbocycles. The van der Waals surface area contributed by atoms with Crippen LogP contribution in [0, 0.1) is 0 Å². The van der Waals surface area contributed by atoms with Crippen molar-refractivity contribution in [2.45, 2.75) is 12.3 Å². The normalized spacial score (nSPS) is 20.8. The van der Waals surface area contributed by atoms with Crippen LogP contribution >= 0.6 is 11.3 Å². The minimum Gasteiger partial charge on any atom is -0.355 e. The minimum atomic E-state index is 0.178. The van der Waals surface area contributed by atoms with Gasteiger partial charge in [-0.3, -0.25) is 4.79 Å². The molecule has 1 saturated heterocycles. The third-order valence-electron chi connectivity index (χ3n) is 2.82. The van der Waals surface area contributed by atoms with Crippen molar-refractivity contribution in [2.75, 3.05) is 6.54 Å². The first kappa shape index (κ1) is 8.92. The summed E-state index contributed by atoms with van der Waals surface area (Å²) in [6, 6.07) is 10.6. The van der Waals surface area contributed by atoms with Crippen LogP contribution in [0.25, 0.3) is 10.1 Å². The van der Waals surface area contributed by atoms with E-state index in [9.17, 15) is 4.79 Å². The molecule has 0 aliphatic carbocycles. The van der Waals surface area contributed by atoms with E-state index in [0.29, 0.717) is 12.3 Å². The Kier molecular flexibility index (Phi) is 1.99. The molecule has 1 amide bonds. The first-order valence-corrected chi connectivity index (χ1v) is 5.90. The molecule has 3 rings (SSSR count). The van der Waals surface area contributed by atoms with E-state index in [2.05, 4.69) is 35.6 Å². The summed E-state index contributed by atoms with van der Waals surface area (Å²) in [5.74, 6) is 0.562. The molecule has 76 valence electrons. The zero-order valence-corrected chi connectivity index (χ0v) is 9.01. The highest BCUT2D eigenvalue weighted by Crippen LogP contribution is 2.33. The number of thiophene rings is 1. The summed E-state index contributed by atoms with van der Waals surface area (Å²) in [5.41, 5.74) is 0. The maximum absolute atomic E-state index is 11.1. The fourth-order valence-electron chi connectivity index (χ4n) is 2.01. The maximum Gasteiger partial charge on any atom is 0.220 e. The number of hydrogen-bond donors (Lipinski definition) is 1. The van der Waals surface area contributed by atoms with Crippen LogP contribution in [-0.4, -0.2) is 12.5 Å². The van der Waals surface area contributed by atoms with Gasteiger partial charge in [-0.1, -0.05) is 18.2 Å². The molecule has 2 nitrogen and oxygen atoms in total. The lowest BCUT2D eigenvalue weighted by molar-refractivity contribution is -0.119. The van der Waals surface area contributed by atoms with Gasteiger partial charge in [-0.05, 0) is 17.5 Å². The molecule has 1 unspecified atom stereocenters. The zero-order chi connectivity index (χ0) is 10.3. The summed E-state index contributed by atoms with van der Waals surface area (Å²) in [7, 11) is 0. The molecular weight excluding hydrogens is 206 g/mol. The highest BCUT2D eigenvalue weighted by atomic mass is 32.1. The van der Waals surface area contributed by atoms with Crippen LogP contribution in [0.4, 0.5) is 0 Å². The Labute approximate surface area is 91.9 Å². The molecule has 2 aromatic rings. The minimum absolute atomic E-state index is 0.178. The molecule has 3 heteroatoms. The van der Waals surface area contributed by atoms with Crippen molar-refractivity contribution in [3.8, 4) is 0 Å². The van der Waals surface area contributed by atoms with Gasteiger partial charge >= 0.3 is 0 Å². The van der Waals surface area contributed by atoms with Crippen LogP contribution in [-0.2, 0) is 4.79 Å². The fraction of sp³-hybridized carbons (Fsp3) is 0.250. The molecule has 1 aliphatic heterocycles. The lowest BCUT2D eigenvalue weighted by Crippen LogP contribution is -2.13. The number of nitrogens with one attached hydrogen (secondary N) is 1. The highest BCUT2D eigenvalue weighted by molar-refractivity contribution is 7.19. The van der Waals surface area contributed by atoms with Gasteiger partial charge in [0.1, 0.15) is 0 Å². The summed E-state index contributed by atoms with van der Waals surface area (Å²) in [6.07, 6.45) is 0.646. The van der Waals surface area contributed by atoms with Gasteiger partial charge in [0.25, 0.3) is 0 Å². The Morgan fingerprint density at radius 1 is 1.33 bits per heavy atom. The van der Waals surface area contributed by atoms with E-state index in [1.165, 1.54) is 15.0 Å². The van der Waals surface area contributed by atoms with Crippen molar-refractivity contribution in [3.05, 3.63) is 35.2 Å². The molecular formula is C12H11NOS. The largest absolute Gasteiger partial charge is 0.355 e. The van der Waals surface area contributed by atoms with Crippen molar-refractivity contribution in [1.82, 2.24) is 5.32 Å². The van der Waals surface area contributed by atoms with Gasteiger partial charge in [0.15, 0.2) is 0 Å². The predicted molar refractivity (Wildman–Crippen MR) is 62.2 cm³/mol. The standard InChI is InChI=1S/C12H11NOS/c14-12-6-9(7-13-12)11-5-8-3-1-2-4-10(8)15-11/h1-5,9H,6-7H2,(H,13,14). The van der Waals surface area contributed by atoms with Crippen LogP contribution in [0.15, 0.2) is 30.3 Å². The molecule has 1 fully saturated rings. The van der Waals surface area contributed by atoms with Gasteiger partial charge in [0.05, 0.1) is 0 Å². The Hall–Kier alpha value is -1.35. The number of hydrogen-bond acceptors (Lipinski definition) is 2. The van der Waals surface area contributed by atoms with Crippen molar-refractivity contribution in [1.29, 1.82) is 0 Å². The van der Waals surface area contributed by atoms with Gasteiger partial charge < -0.3 is 5.32 Å². The van der Waals surface area contributed by atoms with Crippen molar-refractivity contribution in [2.24, 2.45) is 0 Å². The Morgan fingerprint density at radius 2 is 2.20 bits per heavy atom. The van der Waals surface area contributed by atoms with E-state index < -0.39 is 0 Å². The molecule has 15 heavy (non-hydrogen) atoms. The second kappa shape index (κ2) is 3.35. The number of rotatable bonds is 1. The summed E-state index contributed by atoms with van der Waals surface area (Å²) in [4.78, 5) is 12.5. The Balaban J connectivity index is 2.01. The Bertz CT molecular complexity index is 484. The SMILES string of the molecule is O=C1CC(c2cc3ccccc3s2)CN1. The van der Waals surface area contributed by atoms with E-state index in [4.69, 9.17) is 0 Å². The zero-order valence-electron chi connectivity index (χ0n) is 8.19. The quantitative estimate of drug-likeness (QED) is 0.781. The average molecular weight is 217 g/mol. The highest BCUT2D eigenvalue weighted by Gasteiger charge is 2.24. The van der Waals surface area contributed by atoms with Crippen LogP contribution in [0.1, 0.15) is 17.2 Å². The van der Waals surface area contributed by atoms with Gasteiger partial charge in [0.2, 0.25) is 5.91 Å². The van der Waals surface area contributed by atoms with E-state index in [1.807, 2.05) is 0 Å². The summed E-state index contributed by atoms with van der Waals surface area (Å²) < 4.78 is 1.31. The first-order valence-electron chi connectivity index (χ1n) is 5.08. The van der Waals surface area contributed by atoms with Crippen molar-refractivity contribution >= 4 is 27.3 Å². The van der Waals surface area contributed by atoms with Crippen LogP contribution in [0.3, 0.4) is 0 Å². The second-order valence-corrected chi connectivity index (χ2v) is 5.01. The molecule has 1 N–H and O–H groups in total. The number of benzene rings is 1. The number of amides is 1. The van der Waals surface area contributed by atoms with Crippen molar-refractivity contribution in [3.63, 3.8) is 0 Å². The number of carbonyl (C=O) groups excluding carboxylic acids is 1. The maximum atomic E-state index is 11.1. The van der Waals surface area contributed by atoms with Crippen LogP contribution in [0.5, 0.6) is 0 Å². The van der Waals surface area contributed by atoms with Crippen molar-refractivity contribution < 1.29 is 4.79 Å². The smallest absolute Gasteiger partial charge is 0.220 e. The lowest BCUT2D eigenvalue weighted by atomic mass is 10.1. The van der Waals surface area contributed by atoms with Gasteiger partial charge in [0, 0.05) is 28.5 Å². The van der Waals surface area contributed by atoms with Gasteiger partial charge in [-0.15, -0.1) is 11.3 Å². The summed E-state index contributed by atoms with van der Waals surface area (Å²) >= 11 is 1.80. The monoisotopic (exact) mass is 217 g/mol. The molecule has 0 bridgehead atoms. The molecule has 2 heterocycles. The molecule has 1 aromatic heterocycles. The molecule has 0 spiro atoms. The second-order valence-electron chi connectivity index (χ2n) is 3.89. The van der Waals surface area contributed by atoms with Gasteiger partial charge in [-0.25, -0.2) is 0 Å². The molecule has 1 atom stereocenters. The number of carbonyl (C=O) groups is 1. The molecule has 1 aliphatic rings. The van der Waals surface area contributed by atoms with E-state index >= 15 is 0 Å². The van der Waals surface area contributed by atoms with Crippen LogP contribution in [0.2, 0.25) is 0 Å². The van der Waals surface area contributed by atoms with E-state index in [1.54, 1.807) is 11.3 Å². The first-order chi connectivity index (χ1) is 7.33. The average Bonchev–Trinajstić information content (AvgIpc) is 2.82. The van der Waals surface area contributed by atoms with E-state index in [0.717, 1.165) is 6.54 Å². The Morgan fingerprint density at radius 3 is 2.93 bits per heavy atom. The molecule has 0 radical (unpaired) electrons. The van der Waals surface area contributed by atoms with Gasteiger partial charge in [-0.2, -0.15) is 0 Å². The van der Waals surface area contributed by atoms with E-state index in [-0.39, 0.29) is 5.91 Å². The molecule has 1 aromatic carbocycles. The lowest BCUT2D eigenvalue weighted by Gasteiger charge is -2.01. The van der Waals surface area contributed by atoms with Crippen LogP contribution < -0.4 is 5.32 Å². The summed E-state index contributed by atoms with van der Waals surface area (Å²) in [6.45, 7) is 0.797. The predicted octanol–water partition coefficient (Wildman–Crippen LogP) is 2.50. The topological polar surface area (TPSA) is 29.1 Å².